The maximum atomic E-state index is 6.26. The van der Waals surface area contributed by atoms with Gasteiger partial charge in [0.05, 0.1) is 19.1 Å². The largest absolute Gasteiger partial charge is 0.456 e. The van der Waals surface area contributed by atoms with Crippen LogP contribution in [0.1, 0.15) is 20.8 Å². The molecule has 0 N–H and O–H groups in total. The number of rotatable bonds is 2. The smallest absolute Gasteiger partial charge is 0.135 e. The van der Waals surface area contributed by atoms with Gasteiger partial charge in [-0.05, 0) is 41.4 Å². The van der Waals surface area contributed by atoms with E-state index in [2.05, 4.69) is 123 Å². The van der Waals surface area contributed by atoms with Crippen LogP contribution in [-0.4, -0.2) is 12.6 Å². The Morgan fingerprint density at radius 1 is 0.636 bits per heavy atom. The molecule has 0 unspecified atom stereocenters. The minimum Gasteiger partial charge on any atom is -0.456 e. The summed E-state index contributed by atoms with van der Waals surface area (Å²) in [4.78, 5) is 0. The highest BCUT2D eigenvalue weighted by molar-refractivity contribution is 6.92. The van der Waals surface area contributed by atoms with E-state index in [1.165, 1.54) is 43.5 Å². The van der Waals surface area contributed by atoms with E-state index >= 15 is 0 Å². The standard InChI is InChI=1S/C30H29NOSi/c1-30(2,3)33(4,5)21-15-17-29-25(19-21)24-18-20(14-16-28(24)32-29)31-26-12-8-6-10-22(26)23-11-7-9-13-27(23)31/h6-19H,1-5H3. The van der Waals surface area contributed by atoms with Crippen LogP contribution in [0.2, 0.25) is 18.1 Å². The van der Waals surface area contributed by atoms with Crippen molar-refractivity contribution in [3.05, 3.63) is 84.9 Å². The summed E-state index contributed by atoms with van der Waals surface area (Å²) >= 11 is 0. The molecule has 0 saturated carbocycles. The summed E-state index contributed by atoms with van der Waals surface area (Å²) in [5.74, 6) is 0. The Bertz CT molecular complexity index is 1620. The summed E-state index contributed by atoms with van der Waals surface area (Å²) in [6.45, 7) is 12.1. The second-order valence-electron chi connectivity index (χ2n) is 10.7. The molecule has 0 fully saturated rings. The van der Waals surface area contributed by atoms with Crippen LogP contribution in [0.25, 0.3) is 49.4 Å². The van der Waals surface area contributed by atoms with Gasteiger partial charge in [-0.3, -0.25) is 0 Å². The molecule has 6 rings (SSSR count). The zero-order valence-electron chi connectivity index (χ0n) is 19.9. The normalized spacial score (nSPS) is 13.0. The molecule has 2 aromatic heterocycles. The predicted octanol–water partition coefficient (Wildman–Crippen LogP) is 8.40. The number of hydrogen-bond acceptors (Lipinski definition) is 1. The Kier molecular flexibility index (Phi) is 4.22. The van der Waals surface area contributed by atoms with Crippen LogP contribution in [0.15, 0.2) is 89.3 Å². The number of nitrogens with zero attached hydrogens (tertiary/aromatic N) is 1. The average molecular weight is 448 g/mol. The minimum absolute atomic E-state index is 0.286. The maximum Gasteiger partial charge on any atom is 0.135 e. The third-order valence-electron chi connectivity index (χ3n) is 7.89. The van der Waals surface area contributed by atoms with Gasteiger partial charge in [-0.2, -0.15) is 0 Å². The first-order valence-electron chi connectivity index (χ1n) is 11.7. The summed E-state index contributed by atoms with van der Waals surface area (Å²) < 4.78 is 8.63. The SMILES string of the molecule is CC(C)(C)[Si](C)(C)c1ccc2oc3ccc(-n4c5ccccc5c5ccccc54)cc3c2c1. The van der Waals surface area contributed by atoms with Crippen molar-refractivity contribution in [3.63, 3.8) is 0 Å². The first-order chi connectivity index (χ1) is 15.8. The highest BCUT2D eigenvalue weighted by Crippen LogP contribution is 2.38. The van der Waals surface area contributed by atoms with Gasteiger partial charge in [0.1, 0.15) is 11.2 Å². The van der Waals surface area contributed by atoms with Gasteiger partial charge in [0.25, 0.3) is 0 Å². The Labute approximate surface area is 195 Å². The van der Waals surface area contributed by atoms with E-state index in [1.807, 2.05) is 0 Å². The van der Waals surface area contributed by atoms with Crippen molar-refractivity contribution in [1.29, 1.82) is 0 Å². The molecule has 3 heteroatoms. The fourth-order valence-corrected chi connectivity index (χ4v) is 6.80. The van der Waals surface area contributed by atoms with Crippen LogP contribution in [0, 0.1) is 0 Å². The zero-order valence-corrected chi connectivity index (χ0v) is 20.9. The van der Waals surface area contributed by atoms with E-state index in [-0.39, 0.29) is 5.04 Å². The highest BCUT2D eigenvalue weighted by Gasteiger charge is 2.37. The lowest BCUT2D eigenvalue weighted by molar-refractivity contribution is 0.669. The quantitative estimate of drug-likeness (QED) is 0.244. The van der Waals surface area contributed by atoms with Gasteiger partial charge in [-0.1, -0.05) is 87.6 Å². The molecule has 0 atom stereocenters. The van der Waals surface area contributed by atoms with E-state index < -0.39 is 8.07 Å². The second kappa shape index (κ2) is 6.85. The van der Waals surface area contributed by atoms with Crippen LogP contribution in [-0.2, 0) is 0 Å². The molecule has 164 valence electrons. The molecule has 0 aliphatic carbocycles. The molecule has 0 bridgehead atoms. The Morgan fingerprint density at radius 2 is 1.18 bits per heavy atom. The molecule has 0 amide bonds. The first-order valence-corrected chi connectivity index (χ1v) is 14.7. The van der Waals surface area contributed by atoms with Crippen molar-refractivity contribution >= 4 is 57.0 Å². The number of fused-ring (bicyclic) bond motifs is 6. The molecule has 0 aliphatic heterocycles. The summed E-state index contributed by atoms with van der Waals surface area (Å²) in [6, 6.07) is 30.8. The summed E-state index contributed by atoms with van der Waals surface area (Å²) in [7, 11) is -1.65. The van der Waals surface area contributed by atoms with Crippen LogP contribution in [0.3, 0.4) is 0 Å². The van der Waals surface area contributed by atoms with Crippen molar-refractivity contribution in [2.24, 2.45) is 0 Å². The van der Waals surface area contributed by atoms with Crippen LogP contribution in [0.4, 0.5) is 0 Å². The van der Waals surface area contributed by atoms with Crippen molar-refractivity contribution < 1.29 is 4.42 Å². The van der Waals surface area contributed by atoms with E-state index in [1.54, 1.807) is 0 Å². The number of furan rings is 1. The third-order valence-corrected chi connectivity index (χ3v) is 13.4. The van der Waals surface area contributed by atoms with Gasteiger partial charge < -0.3 is 8.98 Å². The van der Waals surface area contributed by atoms with Gasteiger partial charge in [0, 0.05) is 27.2 Å². The predicted molar refractivity (Wildman–Crippen MR) is 145 cm³/mol. The fourth-order valence-electron chi connectivity index (χ4n) is 4.93. The number of aromatic nitrogens is 1. The Hall–Kier alpha value is -3.30. The highest BCUT2D eigenvalue weighted by atomic mass is 28.3. The molecular formula is C30H29NOSi. The van der Waals surface area contributed by atoms with E-state index in [0.29, 0.717) is 0 Å². The van der Waals surface area contributed by atoms with Gasteiger partial charge >= 0.3 is 0 Å². The van der Waals surface area contributed by atoms with Crippen molar-refractivity contribution in [3.8, 4) is 5.69 Å². The first kappa shape index (κ1) is 20.3. The van der Waals surface area contributed by atoms with Crippen molar-refractivity contribution in [2.75, 3.05) is 0 Å². The monoisotopic (exact) mass is 447 g/mol. The molecule has 2 heterocycles. The average Bonchev–Trinajstić information content (AvgIpc) is 3.33. The number of para-hydroxylation sites is 2. The molecular weight excluding hydrogens is 418 g/mol. The number of benzene rings is 4. The summed E-state index contributed by atoms with van der Waals surface area (Å²) in [5, 5.41) is 6.73. The van der Waals surface area contributed by atoms with Crippen molar-refractivity contribution in [2.45, 2.75) is 38.9 Å². The Balaban J connectivity index is 1.63. The van der Waals surface area contributed by atoms with Gasteiger partial charge in [0.2, 0.25) is 0 Å². The molecule has 6 aromatic rings. The van der Waals surface area contributed by atoms with Crippen molar-refractivity contribution in [1.82, 2.24) is 4.57 Å². The van der Waals surface area contributed by atoms with Gasteiger partial charge in [-0.15, -0.1) is 0 Å². The molecule has 0 saturated heterocycles. The van der Waals surface area contributed by atoms with E-state index in [0.717, 1.165) is 11.2 Å². The maximum absolute atomic E-state index is 6.26. The molecule has 0 spiro atoms. The third kappa shape index (κ3) is 2.92. The second-order valence-corrected chi connectivity index (χ2v) is 16.1. The summed E-state index contributed by atoms with van der Waals surface area (Å²) in [6.07, 6.45) is 0. The van der Waals surface area contributed by atoms with Gasteiger partial charge in [0.15, 0.2) is 0 Å². The van der Waals surface area contributed by atoms with Crippen LogP contribution >= 0.6 is 0 Å². The van der Waals surface area contributed by atoms with Gasteiger partial charge in [-0.25, -0.2) is 0 Å². The van der Waals surface area contributed by atoms with Crippen LogP contribution < -0.4 is 5.19 Å². The molecule has 0 aliphatic rings. The molecule has 0 radical (unpaired) electrons. The zero-order chi connectivity index (χ0) is 23.0. The molecule has 4 aromatic carbocycles. The summed E-state index contributed by atoms with van der Waals surface area (Å²) in [5.41, 5.74) is 5.54. The molecule has 2 nitrogen and oxygen atoms in total. The lowest BCUT2D eigenvalue weighted by Crippen LogP contribution is -2.49. The fraction of sp³-hybridized carbons (Fsp3) is 0.200. The topological polar surface area (TPSA) is 18.1 Å². The minimum atomic E-state index is -1.65. The molecule has 33 heavy (non-hydrogen) atoms. The van der Waals surface area contributed by atoms with Crippen LogP contribution in [0.5, 0.6) is 0 Å². The Morgan fingerprint density at radius 3 is 1.79 bits per heavy atom. The number of hydrogen-bond donors (Lipinski definition) is 0. The lowest BCUT2D eigenvalue weighted by atomic mass is 10.1. The lowest BCUT2D eigenvalue weighted by Gasteiger charge is -2.37. The van der Waals surface area contributed by atoms with E-state index in [9.17, 15) is 0 Å². The van der Waals surface area contributed by atoms with E-state index in [4.69, 9.17) is 4.42 Å².